The van der Waals surface area contributed by atoms with Gasteiger partial charge in [-0.1, -0.05) is 60.3 Å². The van der Waals surface area contributed by atoms with Crippen LogP contribution < -0.4 is 10.6 Å². The first-order chi connectivity index (χ1) is 16.0. The number of thioether (sulfide) groups is 1. The average Bonchev–Trinajstić information content (AvgIpc) is 2.82. The summed E-state index contributed by atoms with van der Waals surface area (Å²) >= 11 is 0.947. The lowest BCUT2D eigenvalue weighted by Crippen LogP contribution is -2.44. The molecule has 2 aromatic rings. The topological polar surface area (TPSA) is 108 Å². The summed E-state index contributed by atoms with van der Waals surface area (Å²) in [6.45, 7) is 1.95. The Morgan fingerprint density at radius 1 is 1.18 bits per heavy atom. The predicted molar refractivity (Wildman–Crippen MR) is 121 cm³/mol. The van der Waals surface area contributed by atoms with Crippen LogP contribution in [0.3, 0.4) is 0 Å². The van der Waals surface area contributed by atoms with Crippen LogP contribution >= 0.6 is 11.8 Å². The van der Waals surface area contributed by atoms with Crippen LogP contribution in [0.4, 0.5) is 4.39 Å². The molecule has 33 heavy (non-hydrogen) atoms. The first-order valence-electron chi connectivity index (χ1n) is 10.3. The van der Waals surface area contributed by atoms with Crippen LogP contribution in [0.2, 0.25) is 0 Å². The predicted octanol–water partition coefficient (Wildman–Crippen LogP) is 3.00. The highest BCUT2D eigenvalue weighted by Crippen LogP contribution is 2.41. The molecular weight excluding hydrogens is 445 g/mol. The minimum atomic E-state index is -1.42. The quantitative estimate of drug-likeness (QED) is 0.456. The maximum Gasteiger partial charge on any atom is 0.319 e. The lowest BCUT2D eigenvalue weighted by atomic mass is 9.78. The van der Waals surface area contributed by atoms with Gasteiger partial charge in [0.05, 0.1) is 29.0 Å². The van der Waals surface area contributed by atoms with Crippen molar-refractivity contribution in [2.75, 3.05) is 12.4 Å². The molecular formula is C24H22FN3O4S. The van der Waals surface area contributed by atoms with Gasteiger partial charge < -0.3 is 15.4 Å². The van der Waals surface area contributed by atoms with E-state index < -0.39 is 29.5 Å². The van der Waals surface area contributed by atoms with Gasteiger partial charge in [-0.2, -0.15) is 5.26 Å². The molecule has 1 aliphatic heterocycles. The van der Waals surface area contributed by atoms with Gasteiger partial charge in [-0.15, -0.1) is 0 Å². The standard InChI is InChI=1S/C24H22FN3O4S/c1-2-32-24(31)21-20(16-10-6-7-11-18(16)25)17(12-26)23(28-22(21)30)33-14-19(29)27-13-15-8-4-3-5-9-15/h3-11,20-21H,2,13-14H2,1H3,(H,27,29)(H,28,30)/t20-,21+/m1/s1. The summed E-state index contributed by atoms with van der Waals surface area (Å²) in [5.41, 5.74) is 0.961. The number of nitriles is 1. The molecule has 0 unspecified atom stereocenters. The van der Waals surface area contributed by atoms with Gasteiger partial charge >= 0.3 is 5.97 Å². The van der Waals surface area contributed by atoms with Gasteiger partial charge in [-0.3, -0.25) is 14.4 Å². The van der Waals surface area contributed by atoms with Crippen molar-refractivity contribution in [3.05, 3.63) is 82.1 Å². The Labute approximate surface area is 195 Å². The monoisotopic (exact) mass is 467 g/mol. The van der Waals surface area contributed by atoms with Crippen molar-refractivity contribution in [2.45, 2.75) is 19.4 Å². The largest absolute Gasteiger partial charge is 0.465 e. The minimum Gasteiger partial charge on any atom is -0.465 e. The molecule has 0 spiro atoms. The van der Waals surface area contributed by atoms with Crippen molar-refractivity contribution in [1.82, 2.24) is 10.6 Å². The number of halogens is 1. The van der Waals surface area contributed by atoms with Crippen LogP contribution in [0.15, 0.2) is 65.2 Å². The normalized spacial score (nSPS) is 17.7. The first-order valence-corrected chi connectivity index (χ1v) is 11.2. The van der Waals surface area contributed by atoms with Gasteiger partial charge in [0.25, 0.3) is 0 Å². The van der Waals surface area contributed by atoms with Crippen molar-refractivity contribution >= 4 is 29.5 Å². The molecule has 1 heterocycles. The number of nitrogens with zero attached hydrogens (tertiary/aromatic N) is 1. The number of ether oxygens (including phenoxy) is 1. The maximum absolute atomic E-state index is 14.6. The fourth-order valence-electron chi connectivity index (χ4n) is 3.47. The van der Waals surface area contributed by atoms with E-state index in [0.29, 0.717) is 6.54 Å². The molecule has 2 amide bonds. The number of hydrogen-bond donors (Lipinski definition) is 2. The van der Waals surface area contributed by atoms with Crippen LogP contribution in [-0.2, 0) is 25.7 Å². The van der Waals surface area contributed by atoms with Crippen LogP contribution in [-0.4, -0.2) is 30.1 Å². The van der Waals surface area contributed by atoms with Crippen LogP contribution in [0.5, 0.6) is 0 Å². The Bertz CT molecular complexity index is 1110. The van der Waals surface area contributed by atoms with E-state index in [1.165, 1.54) is 18.2 Å². The number of carbonyl (C=O) groups is 3. The molecule has 0 aliphatic carbocycles. The molecule has 0 radical (unpaired) electrons. The highest BCUT2D eigenvalue weighted by atomic mass is 32.2. The molecule has 0 saturated heterocycles. The van der Waals surface area contributed by atoms with Crippen molar-refractivity contribution in [1.29, 1.82) is 5.26 Å². The highest BCUT2D eigenvalue weighted by Gasteiger charge is 2.45. The molecule has 170 valence electrons. The molecule has 1 aliphatic rings. The van der Waals surface area contributed by atoms with Crippen LogP contribution in [0, 0.1) is 23.1 Å². The third-order valence-electron chi connectivity index (χ3n) is 4.99. The number of rotatable bonds is 8. The van der Waals surface area contributed by atoms with Crippen molar-refractivity contribution in [3.8, 4) is 6.07 Å². The summed E-state index contributed by atoms with van der Waals surface area (Å²) in [5.74, 6) is -5.19. The van der Waals surface area contributed by atoms with Gasteiger partial charge in [0.15, 0.2) is 0 Å². The molecule has 0 bridgehead atoms. The molecule has 2 atom stereocenters. The van der Waals surface area contributed by atoms with E-state index in [1.54, 1.807) is 13.0 Å². The van der Waals surface area contributed by atoms with E-state index in [2.05, 4.69) is 10.6 Å². The highest BCUT2D eigenvalue weighted by molar-refractivity contribution is 8.03. The molecule has 0 fully saturated rings. The van der Waals surface area contributed by atoms with Gasteiger partial charge in [-0.25, -0.2) is 4.39 Å². The summed E-state index contributed by atoms with van der Waals surface area (Å²) in [4.78, 5) is 37.7. The zero-order chi connectivity index (χ0) is 23.8. The second-order valence-corrected chi connectivity index (χ2v) is 8.11. The summed E-state index contributed by atoms with van der Waals surface area (Å²) in [6.07, 6.45) is 0. The minimum absolute atomic E-state index is 0.00128. The second kappa shape index (κ2) is 11.3. The van der Waals surface area contributed by atoms with E-state index >= 15 is 0 Å². The number of allylic oxidation sites excluding steroid dienone is 1. The molecule has 2 aromatic carbocycles. The number of nitrogens with one attached hydrogen (secondary N) is 2. The van der Waals surface area contributed by atoms with E-state index in [1.807, 2.05) is 36.4 Å². The molecule has 3 rings (SSSR count). The molecule has 0 aromatic heterocycles. The lowest BCUT2D eigenvalue weighted by Gasteiger charge is -2.31. The zero-order valence-corrected chi connectivity index (χ0v) is 18.7. The summed E-state index contributed by atoms with van der Waals surface area (Å²) in [5, 5.41) is 15.3. The van der Waals surface area contributed by atoms with Gasteiger partial charge in [-0.05, 0) is 24.1 Å². The number of amides is 2. The summed E-state index contributed by atoms with van der Waals surface area (Å²) < 4.78 is 19.7. The van der Waals surface area contributed by atoms with Crippen molar-refractivity contribution < 1.29 is 23.5 Å². The maximum atomic E-state index is 14.6. The summed E-state index contributed by atoms with van der Waals surface area (Å²) in [7, 11) is 0. The number of hydrogen-bond acceptors (Lipinski definition) is 6. The Balaban J connectivity index is 1.85. The Morgan fingerprint density at radius 3 is 2.55 bits per heavy atom. The fourth-order valence-corrected chi connectivity index (χ4v) is 4.35. The second-order valence-electron chi connectivity index (χ2n) is 7.12. The van der Waals surface area contributed by atoms with Gasteiger partial charge in [0, 0.05) is 12.5 Å². The van der Waals surface area contributed by atoms with E-state index in [9.17, 15) is 24.0 Å². The Hall–Kier alpha value is -3.64. The number of esters is 1. The van der Waals surface area contributed by atoms with Crippen molar-refractivity contribution in [3.63, 3.8) is 0 Å². The average molecular weight is 468 g/mol. The Kier molecular flexibility index (Phi) is 8.22. The zero-order valence-electron chi connectivity index (χ0n) is 17.8. The SMILES string of the molecule is CCOC(=O)[C@@H]1C(=O)NC(SCC(=O)NCc2ccccc2)=C(C#N)[C@H]1c1ccccc1F. The lowest BCUT2D eigenvalue weighted by molar-refractivity contribution is -0.152. The van der Waals surface area contributed by atoms with E-state index in [-0.39, 0.29) is 34.4 Å². The number of carbonyl (C=O) groups excluding carboxylic acids is 3. The smallest absolute Gasteiger partial charge is 0.319 e. The van der Waals surface area contributed by atoms with E-state index in [4.69, 9.17) is 4.74 Å². The van der Waals surface area contributed by atoms with Crippen LogP contribution in [0.25, 0.3) is 0 Å². The van der Waals surface area contributed by atoms with Crippen molar-refractivity contribution in [2.24, 2.45) is 5.92 Å². The van der Waals surface area contributed by atoms with Gasteiger partial charge in [0.1, 0.15) is 11.7 Å². The van der Waals surface area contributed by atoms with Gasteiger partial charge in [0.2, 0.25) is 11.8 Å². The first kappa shape index (κ1) is 24.0. The summed E-state index contributed by atoms with van der Waals surface area (Å²) in [6, 6.07) is 17.0. The fraction of sp³-hybridized carbons (Fsp3) is 0.250. The third kappa shape index (κ3) is 5.79. The third-order valence-corrected chi connectivity index (χ3v) is 6.01. The molecule has 2 N–H and O–H groups in total. The number of benzene rings is 2. The Morgan fingerprint density at radius 2 is 1.88 bits per heavy atom. The van der Waals surface area contributed by atoms with E-state index in [0.717, 1.165) is 17.3 Å². The molecule has 0 saturated carbocycles. The molecule has 7 nitrogen and oxygen atoms in total. The van der Waals surface area contributed by atoms with Crippen LogP contribution in [0.1, 0.15) is 24.0 Å². The molecule has 9 heteroatoms.